The summed E-state index contributed by atoms with van der Waals surface area (Å²) >= 11 is 5.89. The zero-order valence-electron chi connectivity index (χ0n) is 11.2. The van der Waals surface area contributed by atoms with Crippen molar-refractivity contribution in [1.29, 1.82) is 0 Å². The molecule has 96 valence electrons. The summed E-state index contributed by atoms with van der Waals surface area (Å²) in [5.41, 5.74) is 2.57. The zero-order valence-corrected chi connectivity index (χ0v) is 11.9. The fourth-order valence-electron chi connectivity index (χ4n) is 2.06. The molecule has 0 aliphatic rings. The van der Waals surface area contributed by atoms with E-state index in [1.54, 1.807) is 7.11 Å². The van der Waals surface area contributed by atoms with Gasteiger partial charge < -0.3 is 9.64 Å². The monoisotopic (exact) mass is 255 g/mol. The van der Waals surface area contributed by atoms with Crippen LogP contribution in [0.25, 0.3) is 0 Å². The second-order valence-corrected chi connectivity index (χ2v) is 4.76. The van der Waals surface area contributed by atoms with E-state index in [1.165, 1.54) is 11.1 Å². The summed E-state index contributed by atoms with van der Waals surface area (Å²) in [5.74, 6) is 1.61. The van der Waals surface area contributed by atoms with Crippen molar-refractivity contribution in [2.45, 2.75) is 25.8 Å². The molecule has 0 heterocycles. The van der Waals surface area contributed by atoms with E-state index < -0.39 is 0 Å². The van der Waals surface area contributed by atoms with Gasteiger partial charge in [0.25, 0.3) is 0 Å². The Labute approximate surface area is 110 Å². The number of alkyl halides is 1. The Bertz CT molecular complexity index is 352. The van der Waals surface area contributed by atoms with Crippen molar-refractivity contribution in [1.82, 2.24) is 4.90 Å². The maximum atomic E-state index is 5.89. The minimum absolute atomic E-state index is 0.314. The fraction of sp³-hybridized carbons (Fsp3) is 0.571. The number of hydrogen-bond donors (Lipinski definition) is 0. The highest BCUT2D eigenvalue weighted by Crippen LogP contribution is 2.31. The molecule has 1 rings (SSSR count). The third kappa shape index (κ3) is 3.62. The van der Waals surface area contributed by atoms with Gasteiger partial charge in [-0.2, -0.15) is 0 Å². The maximum absolute atomic E-state index is 5.89. The third-order valence-corrected chi connectivity index (χ3v) is 3.29. The van der Waals surface area contributed by atoms with Crippen molar-refractivity contribution in [3.8, 4) is 5.75 Å². The Morgan fingerprint density at radius 1 is 1.35 bits per heavy atom. The lowest BCUT2D eigenvalue weighted by molar-refractivity contribution is 0.283. The normalized spacial score (nSPS) is 12.8. The number of hydrogen-bond acceptors (Lipinski definition) is 2. The SMILES string of the molecule is CCc1ccc(OC)c(C(CCCl)N(C)C)c1. The number of methoxy groups -OCH3 is 1. The highest BCUT2D eigenvalue weighted by atomic mass is 35.5. The molecule has 0 aromatic heterocycles. The minimum Gasteiger partial charge on any atom is -0.496 e. The van der Waals surface area contributed by atoms with Crippen molar-refractivity contribution < 1.29 is 4.74 Å². The van der Waals surface area contributed by atoms with E-state index in [4.69, 9.17) is 16.3 Å². The lowest BCUT2D eigenvalue weighted by Gasteiger charge is -2.26. The molecule has 0 aliphatic heterocycles. The number of aryl methyl sites for hydroxylation is 1. The first-order chi connectivity index (χ1) is 8.13. The molecule has 0 spiro atoms. The van der Waals surface area contributed by atoms with Crippen LogP contribution in [0.3, 0.4) is 0 Å². The highest BCUT2D eigenvalue weighted by Gasteiger charge is 2.18. The lowest BCUT2D eigenvalue weighted by Crippen LogP contribution is -2.21. The molecule has 0 saturated carbocycles. The summed E-state index contributed by atoms with van der Waals surface area (Å²) in [4.78, 5) is 2.19. The number of ether oxygens (including phenoxy) is 1. The van der Waals surface area contributed by atoms with Crippen molar-refractivity contribution in [3.63, 3.8) is 0 Å². The molecule has 3 heteroatoms. The van der Waals surface area contributed by atoms with Gasteiger partial charge in [0.1, 0.15) is 5.75 Å². The molecule has 1 aromatic rings. The predicted octanol–water partition coefficient (Wildman–Crippen LogP) is 3.49. The minimum atomic E-state index is 0.314. The van der Waals surface area contributed by atoms with Crippen molar-refractivity contribution >= 4 is 11.6 Å². The summed E-state index contributed by atoms with van der Waals surface area (Å²) in [7, 11) is 5.88. The number of benzene rings is 1. The predicted molar refractivity (Wildman–Crippen MR) is 74.1 cm³/mol. The first kappa shape index (κ1) is 14.3. The van der Waals surface area contributed by atoms with Crippen LogP contribution in [0.15, 0.2) is 18.2 Å². The molecule has 2 nitrogen and oxygen atoms in total. The number of halogens is 1. The Morgan fingerprint density at radius 3 is 2.53 bits per heavy atom. The largest absolute Gasteiger partial charge is 0.496 e. The van der Waals surface area contributed by atoms with Gasteiger partial charge in [0.15, 0.2) is 0 Å². The third-order valence-electron chi connectivity index (χ3n) is 3.07. The van der Waals surface area contributed by atoms with Gasteiger partial charge in [0.05, 0.1) is 7.11 Å². The van der Waals surface area contributed by atoms with E-state index in [-0.39, 0.29) is 0 Å². The van der Waals surface area contributed by atoms with E-state index in [9.17, 15) is 0 Å². The van der Waals surface area contributed by atoms with Crippen LogP contribution < -0.4 is 4.74 Å². The molecule has 1 unspecified atom stereocenters. The van der Waals surface area contributed by atoms with Crippen LogP contribution in [0.4, 0.5) is 0 Å². The van der Waals surface area contributed by atoms with Gasteiger partial charge in [-0.1, -0.05) is 19.1 Å². The maximum Gasteiger partial charge on any atom is 0.123 e. The van der Waals surface area contributed by atoms with Gasteiger partial charge in [-0.25, -0.2) is 0 Å². The second-order valence-electron chi connectivity index (χ2n) is 4.39. The lowest BCUT2D eigenvalue weighted by atomic mass is 9.99. The van der Waals surface area contributed by atoms with Crippen molar-refractivity contribution in [2.75, 3.05) is 27.1 Å². The van der Waals surface area contributed by atoms with Crippen LogP contribution in [-0.4, -0.2) is 32.0 Å². The Hall–Kier alpha value is -0.730. The standard InChI is InChI=1S/C14H22ClNO/c1-5-11-6-7-14(17-4)12(10-11)13(8-9-15)16(2)3/h6-7,10,13H,5,8-9H2,1-4H3. The van der Waals surface area contributed by atoms with Crippen LogP contribution in [0.1, 0.15) is 30.5 Å². The second kappa shape index (κ2) is 6.87. The molecule has 0 N–H and O–H groups in total. The van der Waals surface area contributed by atoms with E-state index in [1.807, 2.05) is 0 Å². The smallest absolute Gasteiger partial charge is 0.123 e. The summed E-state index contributed by atoms with van der Waals surface area (Å²) in [6.07, 6.45) is 1.97. The van der Waals surface area contributed by atoms with Gasteiger partial charge in [0.2, 0.25) is 0 Å². The van der Waals surface area contributed by atoms with Crippen molar-refractivity contribution in [3.05, 3.63) is 29.3 Å². The molecule has 0 fully saturated rings. The van der Waals surface area contributed by atoms with Crippen LogP contribution in [0, 0.1) is 0 Å². The molecular weight excluding hydrogens is 234 g/mol. The summed E-state index contributed by atoms with van der Waals surface area (Å²) < 4.78 is 5.45. The quantitative estimate of drug-likeness (QED) is 0.722. The average Bonchev–Trinajstić information content (AvgIpc) is 2.34. The first-order valence-corrected chi connectivity index (χ1v) is 6.56. The number of nitrogens with zero attached hydrogens (tertiary/aromatic N) is 1. The van der Waals surface area contributed by atoms with Gasteiger partial charge in [0, 0.05) is 17.5 Å². The van der Waals surface area contributed by atoms with Gasteiger partial charge in [-0.3, -0.25) is 0 Å². The Kier molecular flexibility index (Phi) is 5.79. The summed E-state index contributed by atoms with van der Waals surface area (Å²) in [6.45, 7) is 2.16. The molecule has 0 amide bonds. The van der Waals surface area contributed by atoms with E-state index in [0.29, 0.717) is 11.9 Å². The number of rotatable bonds is 6. The summed E-state index contributed by atoms with van der Waals surface area (Å²) in [5, 5.41) is 0. The van der Waals surface area contributed by atoms with E-state index >= 15 is 0 Å². The summed E-state index contributed by atoms with van der Waals surface area (Å²) in [6, 6.07) is 6.72. The van der Waals surface area contributed by atoms with Crippen LogP contribution in [0.2, 0.25) is 0 Å². The van der Waals surface area contributed by atoms with E-state index in [0.717, 1.165) is 18.6 Å². The topological polar surface area (TPSA) is 12.5 Å². The fourth-order valence-corrected chi connectivity index (χ4v) is 2.27. The van der Waals surface area contributed by atoms with Gasteiger partial charge in [-0.15, -0.1) is 11.6 Å². The first-order valence-electron chi connectivity index (χ1n) is 6.03. The highest BCUT2D eigenvalue weighted by molar-refractivity contribution is 6.17. The van der Waals surface area contributed by atoms with E-state index in [2.05, 4.69) is 44.1 Å². The zero-order chi connectivity index (χ0) is 12.8. The van der Waals surface area contributed by atoms with Crippen LogP contribution in [0.5, 0.6) is 5.75 Å². The molecule has 0 bridgehead atoms. The molecule has 0 aliphatic carbocycles. The molecule has 0 saturated heterocycles. The average molecular weight is 256 g/mol. The van der Waals surface area contributed by atoms with Gasteiger partial charge in [-0.05, 0) is 38.6 Å². The molecular formula is C14H22ClNO. The Balaban J connectivity index is 3.13. The van der Waals surface area contributed by atoms with Crippen LogP contribution in [-0.2, 0) is 6.42 Å². The molecule has 17 heavy (non-hydrogen) atoms. The molecule has 1 aromatic carbocycles. The van der Waals surface area contributed by atoms with Crippen LogP contribution >= 0.6 is 11.6 Å². The Morgan fingerprint density at radius 2 is 2.06 bits per heavy atom. The molecule has 0 radical (unpaired) electrons. The van der Waals surface area contributed by atoms with Gasteiger partial charge >= 0.3 is 0 Å². The molecule has 1 atom stereocenters. The van der Waals surface area contributed by atoms with Crippen molar-refractivity contribution in [2.24, 2.45) is 0 Å².